The SMILES string of the molecule is C[Si](C)(COc1ccc(COCc2ccc(P)cc2)cc1)C1C=CC(c2ccccc2)=CC1. The fourth-order valence-corrected chi connectivity index (χ4v) is 6.32. The fraction of sp³-hybridized carbons (Fsp3) is 0.241. The maximum Gasteiger partial charge on any atom is 0.118 e. The van der Waals surface area contributed by atoms with Gasteiger partial charge in [0.1, 0.15) is 5.75 Å². The molecule has 4 rings (SSSR count). The van der Waals surface area contributed by atoms with Crippen LogP contribution in [-0.4, -0.2) is 14.3 Å². The van der Waals surface area contributed by atoms with E-state index in [0.717, 1.165) is 24.0 Å². The Morgan fingerprint density at radius 3 is 2.09 bits per heavy atom. The predicted molar refractivity (Wildman–Crippen MR) is 146 cm³/mol. The van der Waals surface area contributed by atoms with Gasteiger partial charge >= 0.3 is 0 Å². The summed E-state index contributed by atoms with van der Waals surface area (Å²) in [5, 5.41) is 1.19. The number of allylic oxidation sites excluding steroid dienone is 4. The Kier molecular flexibility index (Phi) is 7.98. The van der Waals surface area contributed by atoms with Crippen molar-refractivity contribution in [3.8, 4) is 5.75 Å². The third-order valence-electron chi connectivity index (χ3n) is 6.26. The first-order valence-corrected chi connectivity index (χ1v) is 15.4. The number of ether oxygens (including phenoxy) is 2. The second-order valence-electron chi connectivity index (χ2n) is 9.38. The van der Waals surface area contributed by atoms with E-state index in [-0.39, 0.29) is 0 Å². The van der Waals surface area contributed by atoms with E-state index < -0.39 is 8.07 Å². The largest absolute Gasteiger partial charge is 0.497 e. The molecule has 4 heteroatoms. The molecule has 2 unspecified atom stereocenters. The smallest absolute Gasteiger partial charge is 0.118 e. The van der Waals surface area contributed by atoms with Gasteiger partial charge in [-0.25, -0.2) is 0 Å². The van der Waals surface area contributed by atoms with Crippen molar-refractivity contribution >= 4 is 28.2 Å². The van der Waals surface area contributed by atoms with Crippen LogP contribution >= 0.6 is 9.24 Å². The van der Waals surface area contributed by atoms with Crippen LogP contribution in [0.4, 0.5) is 0 Å². The highest BCUT2D eigenvalue weighted by molar-refractivity contribution is 7.27. The van der Waals surface area contributed by atoms with Crippen LogP contribution in [0.5, 0.6) is 5.75 Å². The summed E-state index contributed by atoms with van der Waals surface area (Å²) < 4.78 is 12.1. The molecule has 2 nitrogen and oxygen atoms in total. The first-order chi connectivity index (χ1) is 16.0. The van der Waals surface area contributed by atoms with E-state index in [1.54, 1.807) is 0 Å². The van der Waals surface area contributed by atoms with Crippen LogP contribution in [0.15, 0.2) is 97.1 Å². The third-order valence-corrected chi connectivity index (χ3v) is 9.97. The lowest BCUT2D eigenvalue weighted by molar-refractivity contribution is 0.107. The average molecular weight is 473 g/mol. The van der Waals surface area contributed by atoms with Crippen LogP contribution < -0.4 is 10.0 Å². The second kappa shape index (κ2) is 11.1. The summed E-state index contributed by atoms with van der Waals surface area (Å²) in [4.78, 5) is 0. The fourth-order valence-electron chi connectivity index (χ4n) is 4.00. The molecule has 0 amide bonds. The maximum absolute atomic E-state index is 6.24. The minimum Gasteiger partial charge on any atom is -0.497 e. The zero-order valence-corrected chi connectivity index (χ0v) is 21.7. The molecule has 2 atom stereocenters. The molecular weight excluding hydrogens is 439 g/mol. The van der Waals surface area contributed by atoms with Crippen LogP contribution in [-0.2, 0) is 18.0 Å². The van der Waals surface area contributed by atoms with Crippen LogP contribution in [0.1, 0.15) is 23.1 Å². The van der Waals surface area contributed by atoms with Gasteiger partial charge < -0.3 is 9.47 Å². The second-order valence-corrected chi connectivity index (χ2v) is 15.1. The van der Waals surface area contributed by atoms with Gasteiger partial charge in [0, 0.05) is 0 Å². The van der Waals surface area contributed by atoms with Crippen LogP contribution in [0, 0.1) is 0 Å². The predicted octanol–water partition coefficient (Wildman–Crippen LogP) is 6.94. The molecule has 3 aromatic carbocycles. The van der Waals surface area contributed by atoms with Crippen LogP contribution in [0.3, 0.4) is 0 Å². The summed E-state index contributed by atoms with van der Waals surface area (Å²) in [5.74, 6) is 0.940. The summed E-state index contributed by atoms with van der Waals surface area (Å²) in [5.41, 5.74) is 5.57. The van der Waals surface area contributed by atoms with Crippen molar-refractivity contribution in [2.45, 2.75) is 38.3 Å². The van der Waals surface area contributed by atoms with Crippen LogP contribution in [0.25, 0.3) is 5.57 Å². The number of hydrogen-bond donors (Lipinski definition) is 0. The van der Waals surface area contributed by atoms with E-state index in [1.807, 2.05) is 0 Å². The first kappa shape index (κ1) is 23.7. The zero-order valence-electron chi connectivity index (χ0n) is 19.5. The van der Waals surface area contributed by atoms with Crippen molar-refractivity contribution < 1.29 is 9.47 Å². The molecule has 0 aromatic heterocycles. The molecule has 0 saturated carbocycles. The molecule has 0 radical (unpaired) electrons. The molecule has 0 N–H and O–H groups in total. The van der Waals surface area contributed by atoms with Gasteiger partial charge in [-0.2, -0.15) is 0 Å². The van der Waals surface area contributed by atoms with Crippen molar-refractivity contribution in [2.75, 3.05) is 6.23 Å². The van der Waals surface area contributed by atoms with Crippen molar-refractivity contribution in [2.24, 2.45) is 0 Å². The van der Waals surface area contributed by atoms with Crippen molar-refractivity contribution in [3.63, 3.8) is 0 Å². The highest BCUT2D eigenvalue weighted by atomic mass is 31.0. The molecule has 0 spiro atoms. The molecular formula is C29H33O2PSi. The minimum absolute atomic E-state index is 0.595. The lowest BCUT2D eigenvalue weighted by Crippen LogP contribution is -2.39. The minimum atomic E-state index is -1.57. The zero-order chi connectivity index (χ0) is 23.1. The Labute approximate surface area is 201 Å². The molecule has 1 aliphatic rings. The highest BCUT2D eigenvalue weighted by Gasteiger charge is 2.31. The molecule has 3 aromatic rings. The molecule has 1 aliphatic carbocycles. The van der Waals surface area contributed by atoms with Crippen molar-refractivity contribution in [1.82, 2.24) is 0 Å². The number of benzene rings is 3. The molecule has 0 heterocycles. The van der Waals surface area contributed by atoms with Gasteiger partial charge in [0.25, 0.3) is 0 Å². The summed E-state index contributed by atoms with van der Waals surface area (Å²) >= 11 is 0. The van der Waals surface area contributed by atoms with Crippen molar-refractivity contribution in [3.05, 3.63) is 114 Å². The molecule has 0 aliphatic heterocycles. The average Bonchev–Trinajstić information content (AvgIpc) is 2.85. The summed E-state index contributed by atoms with van der Waals surface area (Å²) in [7, 11) is 1.13. The third kappa shape index (κ3) is 6.77. The first-order valence-electron chi connectivity index (χ1n) is 11.6. The number of rotatable bonds is 9. The normalized spacial score (nSPS) is 15.8. The van der Waals surface area contributed by atoms with E-state index in [1.165, 1.54) is 22.0 Å². The van der Waals surface area contributed by atoms with Gasteiger partial charge in [-0.15, -0.1) is 9.24 Å². The van der Waals surface area contributed by atoms with E-state index in [4.69, 9.17) is 9.47 Å². The Morgan fingerprint density at radius 1 is 0.848 bits per heavy atom. The van der Waals surface area contributed by atoms with E-state index in [0.29, 0.717) is 18.8 Å². The molecule has 0 fully saturated rings. The standard InChI is InChI=1S/C29H33O2PSi/c1-33(2,29-18-12-26(13-19-29)25-6-4-3-5-7-25)22-31-27-14-8-23(9-15-27)20-30-21-24-10-16-28(32)17-11-24/h3-18,29H,19-22,32H2,1-2H3. The summed E-state index contributed by atoms with van der Waals surface area (Å²) in [6.07, 6.45) is 9.00. The van der Waals surface area contributed by atoms with Gasteiger partial charge in [-0.3, -0.25) is 0 Å². The molecule has 0 saturated heterocycles. The topological polar surface area (TPSA) is 18.5 Å². The number of hydrogen-bond acceptors (Lipinski definition) is 2. The van der Waals surface area contributed by atoms with Gasteiger partial charge in [0.15, 0.2) is 0 Å². The molecule has 170 valence electrons. The van der Waals surface area contributed by atoms with Crippen LogP contribution in [0.2, 0.25) is 18.6 Å². The van der Waals surface area contributed by atoms with Crippen molar-refractivity contribution in [1.29, 1.82) is 0 Å². The summed E-state index contributed by atoms with van der Waals surface area (Å²) in [6.45, 7) is 6.08. The lowest BCUT2D eigenvalue weighted by atomic mass is 9.99. The maximum atomic E-state index is 6.24. The lowest BCUT2D eigenvalue weighted by Gasteiger charge is -2.31. The molecule has 33 heavy (non-hydrogen) atoms. The quantitative estimate of drug-likeness (QED) is 0.248. The highest BCUT2D eigenvalue weighted by Crippen LogP contribution is 2.34. The molecule has 0 bridgehead atoms. The van der Waals surface area contributed by atoms with E-state index in [2.05, 4.69) is 119 Å². The Balaban J connectivity index is 1.24. The van der Waals surface area contributed by atoms with E-state index in [9.17, 15) is 0 Å². The van der Waals surface area contributed by atoms with Gasteiger partial charge in [0.2, 0.25) is 0 Å². The van der Waals surface area contributed by atoms with Gasteiger partial charge in [-0.05, 0) is 51.7 Å². The Morgan fingerprint density at radius 2 is 1.48 bits per heavy atom. The van der Waals surface area contributed by atoms with E-state index >= 15 is 0 Å². The Bertz CT molecular complexity index is 1090. The Hall–Kier alpha value is -2.45. The monoisotopic (exact) mass is 472 g/mol. The van der Waals surface area contributed by atoms with Gasteiger partial charge in [-0.1, -0.05) is 98.1 Å². The van der Waals surface area contributed by atoms with Gasteiger partial charge in [0.05, 0.1) is 27.5 Å². The summed E-state index contributed by atoms with van der Waals surface area (Å²) in [6, 6.07) is 27.3.